The first kappa shape index (κ1) is 13.8. The Labute approximate surface area is 107 Å². The van der Waals surface area contributed by atoms with Crippen molar-refractivity contribution in [3.63, 3.8) is 0 Å². The van der Waals surface area contributed by atoms with Crippen molar-refractivity contribution >= 4 is 26.0 Å². The van der Waals surface area contributed by atoms with Crippen molar-refractivity contribution in [3.8, 4) is 6.07 Å². The van der Waals surface area contributed by atoms with Crippen LogP contribution >= 0.6 is 15.9 Å². The first-order chi connectivity index (χ1) is 7.88. The Balaban J connectivity index is 3.21. The number of nitriles is 1. The molecule has 0 aromatic heterocycles. The first-order valence-electron chi connectivity index (χ1n) is 4.40. The number of sulfonamides is 1. The molecule has 7 heteroatoms. The van der Waals surface area contributed by atoms with Gasteiger partial charge in [-0.3, -0.25) is 0 Å². The zero-order valence-electron chi connectivity index (χ0n) is 8.57. The van der Waals surface area contributed by atoms with E-state index in [4.69, 9.17) is 5.26 Å². The van der Waals surface area contributed by atoms with Crippen molar-refractivity contribution in [2.45, 2.75) is 4.90 Å². The summed E-state index contributed by atoms with van der Waals surface area (Å²) in [5.41, 5.74) is -0.500. The smallest absolute Gasteiger partial charge is 0.207 e. The summed E-state index contributed by atoms with van der Waals surface area (Å²) >= 11 is 2.99. The lowest BCUT2D eigenvalue weighted by atomic mass is 10.2. The van der Waals surface area contributed by atoms with E-state index in [2.05, 4.69) is 27.2 Å². The number of rotatable bonds is 4. The van der Waals surface area contributed by atoms with Crippen LogP contribution in [0, 0.1) is 17.1 Å². The minimum Gasteiger partial charge on any atom is -0.207 e. The van der Waals surface area contributed by atoms with Gasteiger partial charge in [-0.05, 0) is 12.1 Å². The average Bonchev–Trinajstić information content (AvgIpc) is 2.26. The van der Waals surface area contributed by atoms with Gasteiger partial charge in [-0.1, -0.05) is 28.6 Å². The van der Waals surface area contributed by atoms with Crippen LogP contribution in [-0.4, -0.2) is 15.0 Å². The molecule has 1 rings (SSSR count). The molecular weight excluding hydrogens is 311 g/mol. The van der Waals surface area contributed by atoms with Gasteiger partial charge in [0.2, 0.25) is 10.0 Å². The van der Waals surface area contributed by atoms with E-state index in [-0.39, 0.29) is 11.4 Å². The molecule has 1 aromatic carbocycles. The second kappa shape index (κ2) is 5.40. The Bertz CT molecular complexity index is 593. The third-order valence-electron chi connectivity index (χ3n) is 1.83. The lowest BCUT2D eigenvalue weighted by Crippen LogP contribution is -2.25. The molecule has 0 unspecified atom stereocenters. The van der Waals surface area contributed by atoms with Crippen LogP contribution in [-0.2, 0) is 10.0 Å². The number of nitrogens with zero attached hydrogens (tertiary/aromatic N) is 1. The van der Waals surface area contributed by atoms with Crippen molar-refractivity contribution in [2.75, 3.05) is 6.54 Å². The Kier molecular flexibility index (Phi) is 4.40. The molecule has 0 amide bonds. The number of hydrogen-bond acceptors (Lipinski definition) is 3. The maximum absolute atomic E-state index is 13.2. The van der Waals surface area contributed by atoms with E-state index in [9.17, 15) is 12.8 Å². The van der Waals surface area contributed by atoms with Gasteiger partial charge in [-0.15, -0.1) is 0 Å². The van der Waals surface area contributed by atoms with Gasteiger partial charge in [-0.25, -0.2) is 17.5 Å². The van der Waals surface area contributed by atoms with Crippen LogP contribution in [0.25, 0.3) is 0 Å². The summed E-state index contributed by atoms with van der Waals surface area (Å²) in [4.78, 5) is -0.381. The van der Waals surface area contributed by atoms with Crippen LogP contribution < -0.4 is 4.72 Å². The largest absolute Gasteiger partial charge is 0.242 e. The standard InChI is InChI=1S/C10H8BrFN2O2S/c1-7(11)6-14-17(15,16)10-4-2-3-9(12)8(10)5-13/h2-4,14H,1,6H2. The van der Waals surface area contributed by atoms with Crippen LogP contribution in [0.2, 0.25) is 0 Å². The highest BCUT2D eigenvalue weighted by atomic mass is 79.9. The van der Waals surface area contributed by atoms with Gasteiger partial charge in [0.05, 0.1) is 0 Å². The lowest BCUT2D eigenvalue weighted by molar-refractivity contribution is 0.580. The van der Waals surface area contributed by atoms with Crippen molar-refractivity contribution in [1.29, 1.82) is 5.26 Å². The Morgan fingerprint density at radius 3 is 2.76 bits per heavy atom. The highest BCUT2D eigenvalue weighted by molar-refractivity contribution is 9.11. The molecule has 0 aliphatic heterocycles. The minimum atomic E-state index is -3.92. The maximum Gasteiger partial charge on any atom is 0.242 e. The van der Waals surface area contributed by atoms with Crippen LogP contribution in [0.1, 0.15) is 5.56 Å². The molecule has 0 saturated heterocycles. The van der Waals surface area contributed by atoms with Gasteiger partial charge in [-0.2, -0.15) is 5.26 Å². The first-order valence-corrected chi connectivity index (χ1v) is 6.67. The Morgan fingerprint density at radius 2 is 2.24 bits per heavy atom. The molecule has 0 spiro atoms. The average molecular weight is 319 g/mol. The van der Waals surface area contributed by atoms with Crippen molar-refractivity contribution < 1.29 is 12.8 Å². The number of halogens is 2. The van der Waals surface area contributed by atoms with Gasteiger partial charge in [0, 0.05) is 11.0 Å². The van der Waals surface area contributed by atoms with Gasteiger partial charge in [0.15, 0.2) is 0 Å². The molecule has 90 valence electrons. The van der Waals surface area contributed by atoms with Crippen LogP contribution in [0.5, 0.6) is 0 Å². The van der Waals surface area contributed by atoms with Crippen LogP contribution in [0.4, 0.5) is 4.39 Å². The fourth-order valence-electron chi connectivity index (χ4n) is 1.09. The third-order valence-corrected chi connectivity index (χ3v) is 3.55. The van der Waals surface area contributed by atoms with Gasteiger partial charge in [0.1, 0.15) is 22.3 Å². The summed E-state index contributed by atoms with van der Waals surface area (Å²) in [7, 11) is -3.92. The van der Waals surface area contributed by atoms with Crippen LogP contribution in [0.3, 0.4) is 0 Å². The molecule has 0 aliphatic rings. The molecule has 0 bridgehead atoms. The highest BCUT2D eigenvalue weighted by Crippen LogP contribution is 2.18. The SMILES string of the molecule is C=C(Br)CNS(=O)(=O)c1cccc(F)c1C#N. The Hall–Kier alpha value is -1.23. The van der Waals surface area contributed by atoms with E-state index in [0.29, 0.717) is 4.48 Å². The fraction of sp³-hybridized carbons (Fsp3) is 0.100. The molecule has 0 saturated carbocycles. The number of nitrogens with one attached hydrogen (secondary N) is 1. The molecule has 4 nitrogen and oxygen atoms in total. The lowest BCUT2D eigenvalue weighted by Gasteiger charge is -2.07. The second-order valence-electron chi connectivity index (χ2n) is 3.07. The molecule has 0 fully saturated rings. The normalized spacial score (nSPS) is 10.9. The summed E-state index contributed by atoms with van der Waals surface area (Å²) in [5.74, 6) is -0.868. The van der Waals surface area contributed by atoms with Crippen molar-refractivity contribution in [1.82, 2.24) is 4.72 Å². The summed E-state index contributed by atoms with van der Waals surface area (Å²) < 4.78 is 39.4. The molecule has 1 N–H and O–H groups in total. The molecular formula is C10H8BrFN2O2S. The predicted octanol–water partition coefficient (Wildman–Crippen LogP) is 1.88. The molecule has 0 radical (unpaired) electrons. The van der Waals surface area contributed by atoms with Gasteiger partial charge in [0.25, 0.3) is 0 Å². The zero-order valence-corrected chi connectivity index (χ0v) is 11.0. The van der Waals surface area contributed by atoms with E-state index in [1.807, 2.05) is 0 Å². The molecule has 1 aromatic rings. The summed E-state index contributed by atoms with van der Waals surface area (Å²) in [6.45, 7) is 3.42. The molecule has 0 aliphatic carbocycles. The van der Waals surface area contributed by atoms with Gasteiger partial charge >= 0.3 is 0 Å². The monoisotopic (exact) mass is 318 g/mol. The van der Waals surface area contributed by atoms with Crippen molar-refractivity contribution in [3.05, 3.63) is 40.6 Å². The van der Waals surface area contributed by atoms with E-state index in [0.717, 1.165) is 6.07 Å². The maximum atomic E-state index is 13.2. The van der Waals surface area contributed by atoms with Crippen LogP contribution in [0.15, 0.2) is 34.2 Å². The summed E-state index contributed by atoms with van der Waals surface area (Å²) in [6, 6.07) is 4.96. The summed E-state index contributed by atoms with van der Waals surface area (Å²) in [5, 5.41) is 8.73. The van der Waals surface area contributed by atoms with E-state index in [1.54, 1.807) is 0 Å². The van der Waals surface area contributed by atoms with E-state index >= 15 is 0 Å². The van der Waals surface area contributed by atoms with E-state index < -0.39 is 21.4 Å². The molecule has 0 heterocycles. The number of benzene rings is 1. The third kappa shape index (κ3) is 3.36. The summed E-state index contributed by atoms with van der Waals surface area (Å²) in [6.07, 6.45) is 0. The quantitative estimate of drug-likeness (QED) is 0.921. The Morgan fingerprint density at radius 1 is 1.59 bits per heavy atom. The molecule has 0 atom stereocenters. The van der Waals surface area contributed by atoms with Crippen molar-refractivity contribution in [2.24, 2.45) is 0 Å². The highest BCUT2D eigenvalue weighted by Gasteiger charge is 2.20. The fourth-order valence-corrected chi connectivity index (χ4v) is 2.60. The molecule has 17 heavy (non-hydrogen) atoms. The second-order valence-corrected chi connectivity index (χ2v) is 5.92. The van der Waals surface area contributed by atoms with E-state index in [1.165, 1.54) is 18.2 Å². The zero-order chi connectivity index (χ0) is 13.1. The predicted molar refractivity (Wildman–Crippen MR) is 64.4 cm³/mol. The van der Waals surface area contributed by atoms with Gasteiger partial charge < -0.3 is 0 Å². The minimum absolute atomic E-state index is 0.0380. The number of hydrogen-bond donors (Lipinski definition) is 1. The topological polar surface area (TPSA) is 70.0 Å².